The fraction of sp³-hybridized carbons (Fsp3) is 0.143. The van der Waals surface area contributed by atoms with Gasteiger partial charge in [0.25, 0.3) is 5.91 Å². The molecule has 44 heavy (non-hydrogen) atoms. The van der Waals surface area contributed by atoms with Crippen LogP contribution in [0.3, 0.4) is 0 Å². The first kappa shape index (κ1) is 38.1. The topological polar surface area (TPSA) is 142 Å². The number of rotatable bonds is 4. The Morgan fingerprint density at radius 3 is 1.89 bits per heavy atom. The van der Waals surface area contributed by atoms with Crippen molar-refractivity contribution in [2.45, 2.75) is 35.1 Å². The third kappa shape index (κ3) is 12.7. The number of aromatic nitrogens is 3. The van der Waals surface area contributed by atoms with Crippen molar-refractivity contribution in [3.8, 4) is 28.8 Å². The van der Waals surface area contributed by atoms with E-state index in [1.54, 1.807) is 60.7 Å². The fourth-order valence-electron chi connectivity index (χ4n) is 3.11. The van der Waals surface area contributed by atoms with E-state index in [0.717, 1.165) is 17.4 Å². The first-order valence-electron chi connectivity index (χ1n) is 13.5. The quantitative estimate of drug-likeness (QED) is 0.0637. The standard InChI is InChI=1S/C15H11N3O.C8H4N2.C7H8N2O.2C2H6.CH4/c19-10-11-6-8-13(9-7-11)15-16-14(17-18-15)12-4-2-1-3-5-12;1-10-8-4-2-7(6-9)3-5-8;8-9-7(10)6-4-2-1-3-5-6;2*1-2;/h1-10H,(H,16,17,18);2-5H;1-5H,8H2,(H,9,10);2*1-2H3;1H4. The zero-order valence-electron chi connectivity index (χ0n) is 24.7. The van der Waals surface area contributed by atoms with E-state index >= 15 is 0 Å². The normalized spacial score (nSPS) is 8.52. The number of nitrogens with one attached hydrogen (secondary N) is 2. The maximum atomic E-state index is 10.8. The van der Waals surface area contributed by atoms with Gasteiger partial charge in [0.15, 0.2) is 17.3 Å². The predicted molar refractivity (Wildman–Crippen MR) is 178 cm³/mol. The molecule has 0 saturated heterocycles. The second-order valence-electron chi connectivity index (χ2n) is 7.72. The van der Waals surface area contributed by atoms with Gasteiger partial charge in [0.05, 0.1) is 12.6 Å². The van der Waals surface area contributed by atoms with Gasteiger partial charge in [-0.15, -0.1) is 0 Å². The Morgan fingerprint density at radius 2 is 1.41 bits per heavy atom. The highest BCUT2D eigenvalue weighted by Gasteiger charge is 2.07. The molecule has 0 aliphatic carbocycles. The number of nitrogen functional groups attached to an aromatic ring is 1. The van der Waals surface area contributed by atoms with E-state index in [1.165, 1.54) is 0 Å². The molecular formula is C35H39N7O2. The number of hydrazine groups is 1. The minimum Gasteiger partial charge on any atom is -0.298 e. The van der Waals surface area contributed by atoms with Crippen LogP contribution in [0.1, 0.15) is 61.4 Å². The second-order valence-corrected chi connectivity index (χ2v) is 7.72. The van der Waals surface area contributed by atoms with Gasteiger partial charge < -0.3 is 0 Å². The molecule has 0 radical (unpaired) electrons. The number of nitriles is 1. The summed E-state index contributed by atoms with van der Waals surface area (Å²) in [6.45, 7) is 14.6. The minimum atomic E-state index is -0.263. The highest BCUT2D eigenvalue weighted by atomic mass is 16.2. The van der Waals surface area contributed by atoms with Gasteiger partial charge in [-0.05, 0) is 12.1 Å². The van der Waals surface area contributed by atoms with Crippen molar-refractivity contribution < 1.29 is 9.59 Å². The summed E-state index contributed by atoms with van der Waals surface area (Å²) in [5.74, 6) is 5.99. The summed E-state index contributed by atoms with van der Waals surface area (Å²) in [5.41, 5.74) is 6.29. The van der Waals surface area contributed by atoms with Gasteiger partial charge in [-0.3, -0.25) is 20.1 Å². The van der Waals surface area contributed by atoms with Crippen molar-refractivity contribution in [3.63, 3.8) is 0 Å². The molecule has 1 amide bonds. The van der Waals surface area contributed by atoms with Crippen molar-refractivity contribution in [1.82, 2.24) is 20.6 Å². The molecule has 226 valence electrons. The van der Waals surface area contributed by atoms with E-state index in [9.17, 15) is 9.59 Å². The number of amides is 1. The Labute approximate surface area is 260 Å². The molecule has 0 saturated carbocycles. The van der Waals surface area contributed by atoms with Crippen molar-refractivity contribution in [3.05, 3.63) is 137 Å². The number of carbonyl (C=O) groups is 2. The Morgan fingerprint density at radius 1 is 0.864 bits per heavy atom. The average molecular weight is 590 g/mol. The molecule has 0 aliphatic heterocycles. The Balaban J connectivity index is 0.000000635. The van der Waals surface area contributed by atoms with Crippen LogP contribution in [0.5, 0.6) is 0 Å². The Kier molecular flexibility index (Phi) is 19.7. The summed E-state index contributed by atoms with van der Waals surface area (Å²) in [7, 11) is 0. The van der Waals surface area contributed by atoms with Crippen LogP contribution in [-0.4, -0.2) is 27.4 Å². The molecule has 5 aromatic rings. The van der Waals surface area contributed by atoms with Gasteiger partial charge in [0.1, 0.15) is 6.29 Å². The molecule has 0 aliphatic rings. The molecular weight excluding hydrogens is 550 g/mol. The van der Waals surface area contributed by atoms with Crippen LogP contribution in [0.15, 0.2) is 109 Å². The molecule has 1 heterocycles. The number of hydrogen-bond acceptors (Lipinski definition) is 6. The lowest BCUT2D eigenvalue weighted by Crippen LogP contribution is -2.29. The number of hydrogen-bond donors (Lipinski definition) is 3. The largest absolute Gasteiger partial charge is 0.298 e. The van der Waals surface area contributed by atoms with E-state index in [4.69, 9.17) is 17.7 Å². The van der Waals surface area contributed by atoms with E-state index in [2.05, 4.69) is 20.0 Å². The number of aldehydes is 1. The Hall–Kier alpha value is -5.90. The van der Waals surface area contributed by atoms with Crippen LogP contribution in [0.4, 0.5) is 5.69 Å². The van der Waals surface area contributed by atoms with Crippen molar-refractivity contribution in [2.75, 3.05) is 0 Å². The smallest absolute Gasteiger partial charge is 0.265 e. The molecule has 0 atom stereocenters. The van der Waals surface area contributed by atoms with Crippen molar-refractivity contribution in [2.24, 2.45) is 5.84 Å². The second kappa shape index (κ2) is 22.8. The van der Waals surface area contributed by atoms with Crippen LogP contribution >= 0.6 is 0 Å². The summed E-state index contributed by atoms with van der Waals surface area (Å²) >= 11 is 0. The van der Waals surface area contributed by atoms with Gasteiger partial charge in [0.2, 0.25) is 0 Å². The average Bonchev–Trinajstić information content (AvgIpc) is 3.62. The molecule has 4 N–H and O–H groups in total. The van der Waals surface area contributed by atoms with E-state index in [0.29, 0.717) is 34.0 Å². The number of nitrogens with two attached hydrogens (primary N) is 1. The van der Waals surface area contributed by atoms with Crippen LogP contribution < -0.4 is 11.3 Å². The van der Waals surface area contributed by atoms with Crippen LogP contribution in [0.25, 0.3) is 27.6 Å². The van der Waals surface area contributed by atoms with E-state index in [-0.39, 0.29) is 13.3 Å². The van der Waals surface area contributed by atoms with E-state index in [1.807, 2.05) is 87.7 Å². The molecule has 5 rings (SSSR count). The molecule has 1 aromatic heterocycles. The molecule has 0 unspecified atom stereocenters. The molecule has 4 aromatic carbocycles. The molecule has 0 bridgehead atoms. The molecule has 9 nitrogen and oxygen atoms in total. The van der Waals surface area contributed by atoms with Gasteiger partial charge >= 0.3 is 0 Å². The minimum absolute atomic E-state index is 0. The maximum Gasteiger partial charge on any atom is 0.265 e. The number of carbonyl (C=O) groups excluding carboxylic acids is 2. The summed E-state index contributed by atoms with van der Waals surface area (Å²) in [4.78, 5) is 29.0. The van der Waals surface area contributed by atoms with E-state index < -0.39 is 0 Å². The lowest BCUT2D eigenvalue weighted by molar-refractivity contribution is 0.0953. The summed E-state index contributed by atoms with van der Waals surface area (Å²) < 4.78 is 0. The summed E-state index contributed by atoms with van der Waals surface area (Å²) in [5, 5.41) is 15.5. The zero-order valence-corrected chi connectivity index (χ0v) is 24.7. The zero-order chi connectivity index (χ0) is 31.9. The number of aromatic amines is 1. The fourth-order valence-corrected chi connectivity index (χ4v) is 3.11. The van der Waals surface area contributed by atoms with Gasteiger partial charge in [-0.25, -0.2) is 15.7 Å². The predicted octanol–water partition coefficient (Wildman–Crippen LogP) is 8.04. The monoisotopic (exact) mass is 589 g/mol. The Bertz CT molecular complexity index is 1540. The first-order valence-corrected chi connectivity index (χ1v) is 13.5. The van der Waals surface area contributed by atoms with Gasteiger partial charge in [0, 0.05) is 27.8 Å². The highest BCUT2D eigenvalue weighted by Crippen LogP contribution is 2.19. The lowest BCUT2D eigenvalue weighted by atomic mass is 10.1. The highest BCUT2D eigenvalue weighted by molar-refractivity contribution is 5.93. The van der Waals surface area contributed by atoms with Crippen molar-refractivity contribution in [1.29, 1.82) is 5.26 Å². The number of nitrogens with zero attached hydrogens (tertiary/aromatic N) is 4. The molecule has 0 fully saturated rings. The summed E-state index contributed by atoms with van der Waals surface area (Å²) in [6, 6.07) is 34.3. The summed E-state index contributed by atoms with van der Waals surface area (Å²) in [6.07, 6.45) is 0.819. The van der Waals surface area contributed by atoms with Gasteiger partial charge in [-0.1, -0.05) is 132 Å². The SMILES string of the molecule is C.CC.CC.NNC(=O)c1ccccc1.O=Cc1ccc(-c2nc(-c3ccccc3)n[nH]2)cc1.[C-]#[N+]c1ccc(C#N)cc1. The van der Waals surface area contributed by atoms with Crippen LogP contribution in [0.2, 0.25) is 0 Å². The van der Waals surface area contributed by atoms with Gasteiger partial charge in [-0.2, -0.15) is 10.4 Å². The number of H-pyrrole nitrogens is 1. The first-order chi connectivity index (χ1) is 21.1. The maximum absolute atomic E-state index is 10.8. The van der Waals surface area contributed by atoms with Crippen LogP contribution in [-0.2, 0) is 0 Å². The van der Waals surface area contributed by atoms with Crippen LogP contribution in [0, 0.1) is 17.9 Å². The number of benzene rings is 4. The third-order valence-corrected chi connectivity index (χ3v) is 5.13. The molecule has 9 heteroatoms. The third-order valence-electron chi connectivity index (χ3n) is 5.13. The lowest BCUT2D eigenvalue weighted by Gasteiger charge is -1.95. The van der Waals surface area contributed by atoms with Crippen molar-refractivity contribution >= 4 is 17.9 Å². The molecule has 0 spiro atoms.